The van der Waals surface area contributed by atoms with Crippen molar-refractivity contribution in [3.05, 3.63) is 125 Å². The van der Waals surface area contributed by atoms with Crippen molar-refractivity contribution in [1.82, 2.24) is 4.98 Å². The zero-order chi connectivity index (χ0) is 48.4. The van der Waals surface area contributed by atoms with Crippen LogP contribution in [0.15, 0.2) is 102 Å². The molecule has 3 aliphatic rings. The van der Waals surface area contributed by atoms with E-state index in [-0.39, 0.29) is 39.9 Å². The van der Waals surface area contributed by atoms with E-state index in [0.717, 1.165) is 85.0 Å². The molecule has 0 N–H and O–H groups in total. The molecule has 9 rings (SSSR count). The lowest BCUT2D eigenvalue weighted by Gasteiger charge is -2.26. The molecule has 362 valence electrons. The Morgan fingerprint density at radius 2 is 1.56 bits per heavy atom. The second-order valence-corrected chi connectivity index (χ2v) is 19.3. The number of unbranched alkanes of at least 4 members (excludes halogenated alkanes) is 2. The molecule has 2 aliphatic carbocycles. The zero-order valence-electron chi connectivity index (χ0n) is 39.1. The van der Waals surface area contributed by atoms with Crippen LogP contribution in [0.1, 0.15) is 114 Å². The summed E-state index contributed by atoms with van der Waals surface area (Å²) in [7, 11) is 0. The molecular weight excluding hydrogens is 912 g/mol. The van der Waals surface area contributed by atoms with E-state index in [4.69, 9.17) is 43.8 Å². The van der Waals surface area contributed by atoms with Gasteiger partial charge in [-0.15, -0.1) is 0 Å². The van der Waals surface area contributed by atoms with Crippen molar-refractivity contribution in [2.24, 2.45) is 16.9 Å². The van der Waals surface area contributed by atoms with Crippen LogP contribution < -0.4 is 19.2 Å². The topological polar surface area (TPSA) is 162 Å². The number of nitrogens with zero attached hydrogens (tertiary/aromatic N) is 4. The molecule has 0 amide bonds. The third-order valence-electron chi connectivity index (χ3n) is 13.0. The van der Waals surface area contributed by atoms with E-state index < -0.39 is 23.7 Å². The number of rotatable bonds is 20. The van der Waals surface area contributed by atoms with Crippen LogP contribution in [0.4, 0.5) is 9.52 Å². The van der Waals surface area contributed by atoms with Gasteiger partial charge in [-0.25, -0.2) is 28.8 Å². The van der Waals surface area contributed by atoms with Crippen LogP contribution in [0.25, 0.3) is 21.0 Å². The summed E-state index contributed by atoms with van der Waals surface area (Å²) in [5, 5.41) is 17.9. The highest BCUT2D eigenvalue weighted by atomic mass is 32.1. The molecule has 1 saturated heterocycles. The van der Waals surface area contributed by atoms with Crippen molar-refractivity contribution < 1.29 is 47.2 Å². The minimum absolute atomic E-state index is 0.0542. The van der Waals surface area contributed by atoms with Crippen molar-refractivity contribution in [2.75, 3.05) is 31.4 Å². The Labute approximate surface area is 410 Å². The Morgan fingerprint density at radius 3 is 2.36 bits per heavy atom. The summed E-state index contributed by atoms with van der Waals surface area (Å²) in [5.74, 6) is -1.59. The Hall–Kier alpha value is -6.73. The number of benzene rings is 5. The number of ether oxygens (including phenoxy) is 6. The number of carbonyl (C=O) groups is 3. The normalized spacial score (nSPS) is 19.6. The lowest BCUT2D eigenvalue weighted by Crippen LogP contribution is -2.23. The van der Waals surface area contributed by atoms with Crippen molar-refractivity contribution in [3.8, 4) is 23.3 Å². The smallest absolute Gasteiger partial charge is 0.343 e. The minimum atomic E-state index is -0.948. The molecule has 0 spiro atoms. The van der Waals surface area contributed by atoms with Crippen LogP contribution >= 0.6 is 11.3 Å². The van der Waals surface area contributed by atoms with Gasteiger partial charge in [-0.3, -0.25) is 0 Å². The molecule has 0 radical (unpaired) electrons. The molecule has 3 unspecified atom stereocenters. The number of epoxide rings is 1. The summed E-state index contributed by atoms with van der Waals surface area (Å²) in [6, 6.07) is 28.5. The first-order valence-corrected chi connectivity index (χ1v) is 25.0. The van der Waals surface area contributed by atoms with Crippen molar-refractivity contribution >= 4 is 61.6 Å². The SMILES string of the molecule is CC1CCC(OC(=O)c2ccc(OC(=O)c3ccc(OC(=O)c4ccc5cc(OCCCOCC6CCC7OC7C6)ccc5c4)c(F)c3)c(/C=N/N(CCCCC#N)c3nc4ccccc4s3)c2)CC1. The van der Waals surface area contributed by atoms with Gasteiger partial charge < -0.3 is 28.4 Å². The average Bonchev–Trinajstić information content (AvgIpc) is 4.02. The van der Waals surface area contributed by atoms with Gasteiger partial charge in [0.05, 0.1) is 58.0 Å². The highest BCUT2D eigenvalue weighted by Crippen LogP contribution is 2.39. The number of fused-ring (bicyclic) bond motifs is 3. The molecule has 2 heterocycles. The first kappa shape index (κ1) is 48.3. The predicted molar refractivity (Wildman–Crippen MR) is 264 cm³/mol. The number of aromatic nitrogens is 1. The van der Waals surface area contributed by atoms with E-state index >= 15 is 4.39 Å². The molecule has 3 atom stereocenters. The molecule has 5 aromatic carbocycles. The quantitative estimate of drug-likeness (QED) is 0.0178. The Morgan fingerprint density at radius 1 is 0.814 bits per heavy atom. The number of nitriles is 1. The third kappa shape index (κ3) is 12.5. The highest BCUT2D eigenvalue weighted by molar-refractivity contribution is 7.22. The summed E-state index contributed by atoms with van der Waals surface area (Å²) in [4.78, 5) is 45.2. The fourth-order valence-corrected chi connectivity index (χ4v) is 9.86. The van der Waals surface area contributed by atoms with Gasteiger partial charge in [-0.05, 0) is 153 Å². The Balaban J connectivity index is 0.845. The first-order valence-electron chi connectivity index (χ1n) is 24.2. The van der Waals surface area contributed by atoms with Gasteiger partial charge in [-0.2, -0.15) is 10.4 Å². The maximum absolute atomic E-state index is 15.6. The lowest BCUT2D eigenvalue weighted by atomic mass is 9.89. The van der Waals surface area contributed by atoms with E-state index in [1.165, 1.54) is 41.8 Å². The molecular formula is C55H55FN4O9S. The van der Waals surface area contributed by atoms with Crippen molar-refractivity contribution in [2.45, 2.75) is 95.9 Å². The number of para-hydroxylation sites is 1. The molecule has 70 heavy (non-hydrogen) atoms. The molecule has 3 fully saturated rings. The van der Waals surface area contributed by atoms with Gasteiger partial charge in [0.1, 0.15) is 17.6 Å². The molecule has 13 nitrogen and oxygen atoms in total. The largest absolute Gasteiger partial charge is 0.493 e. The maximum Gasteiger partial charge on any atom is 0.343 e. The van der Waals surface area contributed by atoms with Gasteiger partial charge in [0, 0.05) is 38.2 Å². The summed E-state index contributed by atoms with van der Waals surface area (Å²) >= 11 is 1.46. The molecule has 15 heteroatoms. The van der Waals surface area contributed by atoms with Crippen molar-refractivity contribution in [1.29, 1.82) is 5.26 Å². The summed E-state index contributed by atoms with van der Waals surface area (Å²) in [6.45, 7) is 4.53. The first-order chi connectivity index (χ1) is 34.1. The number of carbonyl (C=O) groups excluding carboxylic acids is 3. The van der Waals surface area contributed by atoms with E-state index in [2.05, 4.69) is 13.0 Å². The van der Waals surface area contributed by atoms with Crippen molar-refractivity contribution in [3.63, 3.8) is 0 Å². The van der Waals surface area contributed by atoms with E-state index in [0.29, 0.717) is 73.9 Å². The summed E-state index contributed by atoms with van der Waals surface area (Å²) < 4.78 is 51.3. The van der Waals surface area contributed by atoms with Crippen LogP contribution in [-0.2, 0) is 14.2 Å². The number of hydrazone groups is 1. The maximum atomic E-state index is 15.6. The van der Waals surface area contributed by atoms with Crippen LogP contribution in [0, 0.1) is 29.0 Å². The number of esters is 3. The monoisotopic (exact) mass is 966 g/mol. The van der Waals surface area contributed by atoms with Crippen LogP contribution in [-0.4, -0.2) is 73.8 Å². The fourth-order valence-electron chi connectivity index (χ4n) is 8.91. The predicted octanol–water partition coefficient (Wildman–Crippen LogP) is 11.6. The van der Waals surface area contributed by atoms with Gasteiger partial charge in [0.25, 0.3) is 0 Å². The third-order valence-corrected chi connectivity index (χ3v) is 14.1. The van der Waals surface area contributed by atoms with Gasteiger partial charge in [0.2, 0.25) is 5.13 Å². The van der Waals surface area contributed by atoms with E-state index in [1.807, 2.05) is 42.5 Å². The standard InChI is InChI=1S/C55H55FN4O9S/c1-35-10-18-43(19-11-35)66-52(61)40-16-22-47(42(30-40)33-58-60(25-6-2-5-24-57)55-59-46-8-3-4-9-51(46)70-55)68-54(63)41-17-23-48(45(56)32-41)69-53(62)39-14-13-38-31-44(20-15-37(38)29-39)65-27-7-26-64-34-36-12-21-49-50(28-36)67-49/h3-4,8-9,13-17,20,22-23,29-33,35-36,43,49-50H,2,5-7,10-12,18-19,21,25-28,34H2,1H3/b58-33+. The fraction of sp³-hybridized carbons (Fsp3) is 0.382. The molecule has 1 aliphatic heterocycles. The second kappa shape index (κ2) is 22.8. The lowest BCUT2D eigenvalue weighted by molar-refractivity contribution is 0.0173. The molecule has 0 bridgehead atoms. The second-order valence-electron chi connectivity index (χ2n) is 18.3. The van der Waals surface area contributed by atoms with E-state index in [1.54, 1.807) is 29.3 Å². The highest BCUT2D eigenvalue weighted by Gasteiger charge is 2.43. The molecule has 6 aromatic rings. The Kier molecular flexibility index (Phi) is 15.7. The molecule has 1 aromatic heterocycles. The number of hydrogen-bond acceptors (Lipinski definition) is 14. The average molecular weight is 967 g/mol. The number of halogens is 1. The zero-order valence-corrected chi connectivity index (χ0v) is 39.9. The molecule has 2 saturated carbocycles. The van der Waals surface area contributed by atoms with Crippen LogP contribution in [0.3, 0.4) is 0 Å². The summed E-state index contributed by atoms with van der Waals surface area (Å²) in [5.41, 5.74) is 1.40. The summed E-state index contributed by atoms with van der Waals surface area (Å²) in [6.07, 6.45) is 11.6. The minimum Gasteiger partial charge on any atom is -0.493 e. The van der Waals surface area contributed by atoms with Crippen LogP contribution in [0.2, 0.25) is 0 Å². The number of anilines is 1. The van der Waals surface area contributed by atoms with E-state index in [9.17, 15) is 14.4 Å². The van der Waals surface area contributed by atoms with Gasteiger partial charge in [0.15, 0.2) is 11.6 Å². The van der Waals surface area contributed by atoms with Gasteiger partial charge in [-0.1, -0.05) is 42.5 Å². The number of hydrogen-bond donors (Lipinski definition) is 0. The van der Waals surface area contributed by atoms with Crippen LogP contribution in [0.5, 0.6) is 17.2 Å². The van der Waals surface area contributed by atoms with Gasteiger partial charge >= 0.3 is 17.9 Å². The Bertz CT molecular complexity index is 2880. The number of thiazole rings is 1.